The third kappa shape index (κ3) is 4.88. The number of carbonyl (C=O) groups excluding carboxylic acids is 1. The summed E-state index contributed by atoms with van der Waals surface area (Å²) in [5, 5.41) is 13.7. The third-order valence-electron chi connectivity index (χ3n) is 2.91. The van der Waals surface area contributed by atoms with E-state index >= 15 is 0 Å². The molecule has 1 aromatic heterocycles. The Kier molecular flexibility index (Phi) is 6.01. The van der Waals surface area contributed by atoms with E-state index in [0.717, 1.165) is 11.5 Å². The van der Waals surface area contributed by atoms with Crippen LogP contribution in [0.2, 0.25) is 0 Å². The van der Waals surface area contributed by atoms with Crippen LogP contribution in [0.1, 0.15) is 12.8 Å². The molecule has 2 rings (SSSR count). The number of halogens is 1. The van der Waals surface area contributed by atoms with Gasteiger partial charge in [0.15, 0.2) is 17.4 Å². The van der Waals surface area contributed by atoms with Crippen LogP contribution in [0.5, 0.6) is 5.75 Å². The fourth-order valence-electron chi connectivity index (χ4n) is 1.78. The van der Waals surface area contributed by atoms with Gasteiger partial charge in [-0.2, -0.15) is 9.36 Å². The maximum Gasteiger partial charge on any atom is 0.321 e. The lowest BCUT2D eigenvalue weighted by molar-refractivity contribution is -0.137. The lowest BCUT2D eigenvalue weighted by Gasteiger charge is -2.03. The number of benzene rings is 1. The highest BCUT2D eigenvalue weighted by Crippen LogP contribution is 2.25. The summed E-state index contributed by atoms with van der Waals surface area (Å²) in [5.41, 5.74) is 0.458. The minimum atomic E-state index is -0.919. The summed E-state index contributed by atoms with van der Waals surface area (Å²) in [6.45, 7) is 0.230. The van der Waals surface area contributed by atoms with E-state index in [0.29, 0.717) is 12.0 Å². The van der Waals surface area contributed by atoms with Gasteiger partial charge in [-0.25, -0.2) is 9.18 Å². The quantitative estimate of drug-likeness (QED) is 0.658. The Morgan fingerprint density at radius 2 is 2.21 bits per heavy atom. The summed E-state index contributed by atoms with van der Waals surface area (Å²) in [5.74, 6) is -1.05. The number of aromatic nitrogens is 2. The molecule has 0 spiro atoms. The molecule has 10 heteroatoms. The van der Waals surface area contributed by atoms with Gasteiger partial charge >= 0.3 is 12.0 Å². The lowest BCUT2D eigenvalue weighted by Crippen LogP contribution is -2.29. The van der Waals surface area contributed by atoms with Crippen LogP contribution in [-0.4, -0.2) is 40.1 Å². The number of amides is 2. The third-order valence-corrected chi connectivity index (χ3v) is 3.54. The Labute approximate surface area is 140 Å². The van der Waals surface area contributed by atoms with Gasteiger partial charge < -0.3 is 15.2 Å². The van der Waals surface area contributed by atoms with E-state index in [9.17, 15) is 14.0 Å². The molecule has 1 aromatic carbocycles. The van der Waals surface area contributed by atoms with Gasteiger partial charge in [-0.3, -0.25) is 10.1 Å². The highest BCUT2D eigenvalue weighted by atomic mass is 32.1. The van der Waals surface area contributed by atoms with Crippen LogP contribution in [0.15, 0.2) is 18.2 Å². The van der Waals surface area contributed by atoms with Gasteiger partial charge in [0.1, 0.15) is 0 Å². The number of nitrogens with zero attached hydrogens (tertiary/aromatic N) is 2. The van der Waals surface area contributed by atoms with E-state index < -0.39 is 17.8 Å². The molecule has 0 fully saturated rings. The molecule has 2 aromatic rings. The molecule has 0 saturated heterocycles. The Bertz CT molecular complexity index is 737. The van der Waals surface area contributed by atoms with Crippen molar-refractivity contribution in [3.05, 3.63) is 24.0 Å². The molecule has 1 heterocycles. The van der Waals surface area contributed by atoms with Gasteiger partial charge in [0.25, 0.3) is 0 Å². The van der Waals surface area contributed by atoms with Crippen molar-refractivity contribution < 1.29 is 23.8 Å². The van der Waals surface area contributed by atoms with Gasteiger partial charge in [-0.05, 0) is 24.6 Å². The minimum absolute atomic E-state index is 0.0216. The second-order valence-electron chi connectivity index (χ2n) is 4.65. The molecule has 2 amide bonds. The molecule has 0 aliphatic heterocycles. The molecule has 3 N–H and O–H groups in total. The first kappa shape index (κ1) is 17.6. The van der Waals surface area contributed by atoms with E-state index in [-0.39, 0.29) is 29.7 Å². The SMILES string of the molecule is COc1ccc(-c2nsc(NC(=O)NCCCC(=O)O)n2)cc1F. The number of carboxylic acids is 1. The van der Waals surface area contributed by atoms with Crippen LogP contribution in [0.4, 0.5) is 14.3 Å². The molecule has 0 saturated carbocycles. The maximum absolute atomic E-state index is 13.7. The first-order valence-electron chi connectivity index (χ1n) is 6.94. The summed E-state index contributed by atoms with van der Waals surface area (Å²) < 4.78 is 22.6. The van der Waals surface area contributed by atoms with Gasteiger partial charge in [0.2, 0.25) is 5.13 Å². The van der Waals surface area contributed by atoms with Crippen LogP contribution in [0.3, 0.4) is 0 Å². The summed E-state index contributed by atoms with van der Waals surface area (Å²) in [6.07, 6.45) is 0.307. The molecular weight excluding hydrogens is 339 g/mol. The number of nitrogens with one attached hydrogen (secondary N) is 2. The summed E-state index contributed by atoms with van der Waals surface area (Å²) in [4.78, 5) is 26.1. The number of hydrogen-bond donors (Lipinski definition) is 3. The largest absolute Gasteiger partial charge is 0.494 e. The van der Waals surface area contributed by atoms with Gasteiger partial charge in [0, 0.05) is 30.1 Å². The molecule has 0 unspecified atom stereocenters. The van der Waals surface area contributed by atoms with Crippen molar-refractivity contribution in [2.24, 2.45) is 0 Å². The highest BCUT2D eigenvalue weighted by Gasteiger charge is 2.12. The normalized spacial score (nSPS) is 10.2. The molecule has 0 bridgehead atoms. The fourth-order valence-corrected chi connectivity index (χ4v) is 2.36. The molecule has 0 aliphatic carbocycles. The van der Waals surface area contributed by atoms with Gasteiger partial charge in [0.05, 0.1) is 7.11 Å². The lowest BCUT2D eigenvalue weighted by atomic mass is 10.2. The predicted molar refractivity (Wildman–Crippen MR) is 85.7 cm³/mol. The number of urea groups is 1. The summed E-state index contributed by atoms with van der Waals surface area (Å²) in [6, 6.07) is 3.81. The van der Waals surface area contributed by atoms with E-state index in [1.165, 1.54) is 19.2 Å². The van der Waals surface area contributed by atoms with Crippen molar-refractivity contribution >= 4 is 28.7 Å². The number of methoxy groups -OCH3 is 1. The second-order valence-corrected chi connectivity index (χ2v) is 5.40. The number of aliphatic carboxylic acids is 1. The van der Waals surface area contributed by atoms with Gasteiger partial charge in [-0.1, -0.05) is 0 Å². The smallest absolute Gasteiger partial charge is 0.321 e. The van der Waals surface area contributed by atoms with Crippen molar-refractivity contribution in [3.63, 3.8) is 0 Å². The number of rotatable bonds is 7. The molecule has 0 atom stereocenters. The van der Waals surface area contributed by atoms with Crippen LogP contribution >= 0.6 is 11.5 Å². The number of carboxylic acid groups (broad SMARTS) is 1. The molecule has 24 heavy (non-hydrogen) atoms. The average molecular weight is 354 g/mol. The number of anilines is 1. The van der Waals surface area contributed by atoms with Crippen molar-refractivity contribution in [2.75, 3.05) is 19.0 Å². The minimum Gasteiger partial charge on any atom is -0.494 e. The Morgan fingerprint density at radius 3 is 2.88 bits per heavy atom. The first-order valence-corrected chi connectivity index (χ1v) is 7.71. The topological polar surface area (TPSA) is 113 Å². The number of hydrogen-bond acceptors (Lipinski definition) is 6. The molecular formula is C14H15FN4O4S. The van der Waals surface area contributed by atoms with Crippen LogP contribution in [-0.2, 0) is 4.79 Å². The fraction of sp³-hybridized carbons (Fsp3) is 0.286. The molecule has 0 aliphatic rings. The summed E-state index contributed by atoms with van der Waals surface area (Å²) >= 11 is 0.952. The molecule has 0 radical (unpaired) electrons. The van der Waals surface area contributed by atoms with Crippen molar-refractivity contribution in [2.45, 2.75) is 12.8 Å². The van der Waals surface area contributed by atoms with E-state index in [1.54, 1.807) is 6.07 Å². The van der Waals surface area contributed by atoms with Gasteiger partial charge in [-0.15, -0.1) is 0 Å². The zero-order valence-corrected chi connectivity index (χ0v) is 13.5. The van der Waals surface area contributed by atoms with Crippen molar-refractivity contribution in [1.82, 2.24) is 14.7 Å². The predicted octanol–water partition coefficient (Wildman–Crippen LogP) is 2.34. The maximum atomic E-state index is 13.7. The van der Waals surface area contributed by atoms with Crippen LogP contribution in [0, 0.1) is 5.82 Å². The highest BCUT2D eigenvalue weighted by molar-refractivity contribution is 7.10. The van der Waals surface area contributed by atoms with Crippen LogP contribution < -0.4 is 15.4 Å². The van der Waals surface area contributed by atoms with Crippen molar-refractivity contribution in [1.29, 1.82) is 0 Å². The van der Waals surface area contributed by atoms with E-state index in [4.69, 9.17) is 9.84 Å². The number of ether oxygens (including phenoxy) is 1. The zero-order valence-electron chi connectivity index (χ0n) is 12.7. The Hall–Kier alpha value is -2.75. The average Bonchev–Trinajstić information content (AvgIpc) is 2.99. The Balaban J connectivity index is 1.92. The Morgan fingerprint density at radius 1 is 1.42 bits per heavy atom. The monoisotopic (exact) mass is 354 g/mol. The van der Waals surface area contributed by atoms with E-state index in [1.807, 2.05) is 0 Å². The zero-order chi connectivity index (χ0) is 17.5. The second kappa shape index (κ2) is 8.20. The first-order chi connectivity index (χ1) is 11.5. The van der Waals surface area contributed by atoms with E-state index in [2.05, 4.69) is 20.0 Å². The van der Waals surface area contributed by atoms with Crippen LogP contribution in [0.25, 0.3) is 11.4 Å². The standard InChI is InChI=1S/C14H15FN4O4S/c1-23-10-5-4-8(7-9(10)15)12-17-14(24-19-12)18-13(22)16-6-2-3-11(20)21/h4-5,7H,2-3,6H2,1H3,(H,20,21)(H2,16,17,18,19,22). The molecule has 8 nitrogen and oxygen atoms in total. The number of carbonyl (C=O) groups is 2. The van der Waals surface area contributed by atoms with Crippen molar-refractivity contribution in [3.8, 4) is 17.1 Å². The molecule has 128 valence electrons. The summed E-state index contributed by atoms with van der Waals surface area (Å²) in [7, 11) is 1.37.